The van der Waals surface area contributed by atoms with E-state index in [-0.39, 0.29) is 34.1 Å². The van der Waals surface area contributed by atoms with Crippen molar-refractivity contribution in [2.75, 3.05) is 11.9 Å². The number of hydrogen-bond donors (Lipinski definition) is 2. The number of halogens is 2. The van der Waals surface area contributed by atoms with Gasteiger partial charge in [-0.1, -0.05) is 17.5 Å². The third-order valence-corrected chi connectivity index (χ3v) is 4.34. The van der Waals surface area contributed by atoms with Crippen LogP contribution < -0.4 is 10.6 Å². The van der Waals surface area contributed by atoms with Crippen LogP contribution in [0.3, 0.4) is 0 Å². The fourth-order valence-corrected chi connectivity index (χ4v) is 2.92. The first kappa shape index (κ1) is 20.7. The zero-order valence-electron chi connectivity index (χ0n) is 14.9. The summed E-state index contributed by atoms with van der Waals surface area (Å²) in [6.45, 7) is 1.39. The van der Waals surface area contributed by atoms with E-state index in [0.29, 0.717) is 5.69 Å². The Morgan fingerprint density at radius 2 is 2.04 bits per heavy atom. The van der Waals surface area contributed by atoms with Crippen LogP contribution in [0.4, 0.5) is 10.1 Å². The van der Waals surface area contributed by atoms with Crippen molar-refractivity contribution in [1.29, 1.82) is 5.26 Å². The lowest BCUT2D eigenvalue weighted by Gasteiger charge is -2.08. The lowest BCUT2D eigenvalue weighted by atomic mass is 10.1. The molecule has 0 saturated heterocycles. The van der Waals surface area contributed by atoms with Crippen molar-refractivity contribution < 1.29 is 18.8 Å². The molecule has 0 saturated carbocycles. The zero-order chi connectivity index (χ0) is 21.0. The number of ketones is 1. The molecular formula is C19H14ClFN4O3. The Morgan fingerprint density at radius 3 is 2.64 bits per heavy atom. The Labute approximate surface area is 165 Å². The lowest BCUT2D eigenvalue weighted by molar-refractivity contribution is -0.116. The van der Waals surface area contributed by atoms with Gasteiger partial charge in [-0.2, -0.15) is 5.26 Å². The molecule has 0 radical (unpaired) electrons. The van der Waals surface area contributed by atoms with Crippen molar-refractivity contribution in [3.05, 3.63) is 51.6 Å². The van der Waals surface area contributed by atoms with E-state index in [0.717, 1.165) is 12.1 Å². The highest BCUT2D eigenvalue weighted by molar-refractivity contribution is 6.48. The Morgan fingerprint density at radius 1 is 1.36 bits per heavy atom. The summed E-state index contributed by atoms with van der Waals surface area (Å²) in [6, 6.07) is 5.14. The monoisotopic (exact) mass is 400 g/mol. The van der Waals surface area contributed by atoms with Crippen LogP contribution >= 0.6 is 11.6 Å². The van der Waals surface area contributed by atoms with Crippen molar-refractivity contribution >= 4 is 34.9 Å². The summed E-state index contributed by atoms with van der Waals surface area (Å²) in [7, 11) is 1.50. The van der Waals surface area contributed by atoms with Crippen LogP contribution in [0.5, 0.6) is 0 Å². The average molecular weight is 401 g/mol. The highest BCUT2D eigenvalue weighted by Gasteiger charge is 2.29. The molecule has 0 aliphatic rings. The highest BCUT2D eigenvalue weighted by Crippen LogP contribution is 2.28. The first-order chi connectivity index (χ1) is 13.2. The fraction of sp³-hybridized carbons (Fsp3) is 0.158. The van der Waals surface area contributed by atoms with Gasteiger partial charge in [0.2, 0.25) is 0 Å². The van der Waals surface area contributed by atoms with Crippen LogP contribution in [0.25, 0.3) is 0 Å². The second-order valence-corrected chi connectivity index (χ2v) is 6.04. The number of nitrogens with zero attached hydrogens (tertiary/aromatic N) is 2. The van der Waals surface area contributed by atoms with Crippen LogP contribution in [-0.4, -0.2) is 28.7 Å². The predicted octanol–water partition coefficient (Wildman–Crippen LogP) is 2.18. The Kier molecular flexibility index (Phi) is 6.19. The maximum absolute atomic E-state index is 13.4. The number of carbonyl (C=O) groups excluding carboxylic acids is 3. The topological polar surface area (TPSA) is 104 Å². The molecule has 1 aromatic carbocycles. The van der Waals surface area contributed by atoms with Gasteiger partial charge in [0.05, 0.1) is 22.7 Å². The van der Waals surface area contributed by atoms with E-state index in [2.05, 4.69) is 16.6 Å². The number of benzene rings is 1. The van der Waals surface area contributed by atoms with Crippen LogP contribution in [0, 0.1) is 36.4 Å². The van der Waals surface area contributed by atoms with Crippen LogP contribution in [0.2, 0.25) is 5.02 Å². The fourth-order valence-electron chi connectivity index (χ4n) is 2.48. The predicted molar refractivity (Wildman–Crippen MR) is 100 cm³/mol. The lowest BCUT2D eigenvalue weighted by Crippen LogP contribution is -2.31. The number of hydrogen-bond acceptors (Lipinski definition) is 4. The summed E-state index contributed by atoms with van der Waals surface area (Å²) in [5.41, 5.74) is 0.0223. The Balaban J connectivity index is 2.38. The SMILES string of the molecule is C#CCNC(=O)C(=O)c1c(Cl)c(C(=O)Nc2ccc(F)c(C#N)c2)n(C)c1C. The van der Waals surface area contributed by atoms with E-state index in [1.54, 1.807) is 6.07 Å². The van der Waals surface area contributed by atoms with Gasteiger partial charge in [0.15, 0.2) is 0 Å². The normalized spacial score (nSPS) is 9.93. The molecule has 28 heavy (non-hydrogen) atoms. The van der Waals surface area contributed by atoms with Crippen molar-refractivity contribution in [1.82, 2.24) is 9.88 Å². The van der Waals surface area contributed by atoms with Gasteiger partial charge in [-0.05, 0) is 25.1 Å². The molecule has 0 atom stereocenters. The molecule has 1 aromatic heterocycles. The third-order valence-electron chi connectivity index (χ3n) is 3.97. The summed E-state index contributed by atoms with van der Waals surface area (Å²) < 4.78 is 14.8. The first-order valence-corrected chi connectivity index (χ1v) is 8.22. The minimum absolute atomic E-state index is 0.0740. The summed E-state index contributed by atoms with van der Waals surface area (Å²) >= 11 is 6.22. The number of rotatable bonds is 5. The van der Waals surface area contributed by atoms with Gasteiger partial charge in [0.1, 0.15) is 17.6 Å². The Bertz CT molecular complexity index is 1080. The maximum Gasteiger partial charge on any atom is 0.293 e. The highest BCUT2D eigenvalue weighted by atomic mass is 35.5. The molecule has 0 fully saturated rings. The summed E-state index contributed by atoms with van der Waals surface area (Å²) in [5.74, 6) is -1.13. The molecule has 1 heterocycles. The minimum Gasteiger partial charge on any atom is -0.342 e. The van der Waals surface area contributed by atoms with E-state index in [1.165, 1.54) is 24.6 Å². The smallest absolute Gasteiger partial charge is 0.293 e. The molecule has 2 aromatic rings. The molecule has 2 N–H and O–H groups in total. The van der Waals surface area contributed by atoms with Crippen molar-refractivity contribution in [3.8, 4) is 18.4 Å². The van der Waals surface area contributed by atoms with E-state index in [4.69, 9.17) is 23.3 Å². The van der Waals surface area contributed by atoms with Gasteiger partial charge in [-0.15, -0.1) is 6.42 Å². The van der Waals surface area contributed by atoms with Crippen LogP contribution in [-0.2, 0) is 11.8 Å². The van der Waals surface area contributed by atoms with Gasteiger partial charge in [-0.3, -0.25) is 14.4 Å². The quantitative estimate of drug-likeness (QED) is 0.456. The summed E-state index contributed by atoms with van der Waals surface area (Å²) in [5, 5.41) is 13.4. The van der Waals surface area contributed by atoms with Crippen molar-refractivity contribution in [2.24, 2.45) is 7.05 Å². The molecule has 9 heteroatoms. The standard InChI is InChI=1S/C19H14ClFN4O3/c1-4-7-23-19(28)17(26)14-10(2)25(3)16(15(14)20)18(27)24-12-5-6-13(21)11(8-12)9-22/h1,5-6,8H,7H2,2-3H3,(H,23,28)(H,24,27). The molecule has 0 aliphatic carbocycles. The third kappa shape index (κ3) is 3.88. The van der Waals surface area contributed by atoms with E-state index in [9.17, 15) is 18.8 Å². The largest absolute Gasteiger partial charge is 0.342 e. The van der Waals surface area contributed by atoms with E-state index >= 15 is 0 Å². The second-order valence-electron chi connectivity index (χ2n) is 5.66. The Hall–Kier alpha value is -3.62. The number of aromatic nitrogens is 1. The number of nitriles is 1. The van der Waals surface area contributed by atoms with Gasteiger partial charge in [-0.25, -0.2) is 4.39 Å². The van der Waals surface area contributed by atoms with Gasteiger partial charge >= 0.3 is 0 Å². The number of carbonyl (C=O) groups is 3. The molecule has 2 amide bonds. The first-order valence-electron chi connectivity index (χ1n) is 7.84. The summed E-state index contributed by atoms with van der Waals surface area (Å²) in [6.07, 6.45) is 5.04. The molecular weight excluding hydrogens is 387 g/mol. The van der Waals surface area contributed by atoms with E-state index in [1.807, 2.05) is 0 Å². The zero-order valence-corrected chi connectivity index (χ0v) is 15.6. The maximum atomic E-state index is 13.4. The summed E-state index contributed by atoms with van der Waals surface area (Å²) in [4.78, 5) is 36.9. The average Bonchev–Trinajstić information content (AvgIpc) is 2.89. The molecule has 2 rings (SSSR count). The van der Waals surface area contributed by atoms with Crippen LogP contribution in [0.15, 0.2) is 18.2 Å². The van der Waals surface area contributed by atoms with E-state index < -0.39 is 23.4 Å². The molecule has 0 bridgehead atoms. The number of Topliss-reactive ketones (excluding diaryl/α,β-unsaturated/α-hetero) is 1. The molecule has 7 nitrogen and oxygen atoms in total. The minimum atomic E-state index is -0.947. The number of amides is 2. The molecule has 142 valence electrons. The number of terminal acetylenes is 1. The molecule has 0 aliphatic heterocycles. The molecule has 0 spiro atoms. The van der Waals surface area contributed by atoms with Crippen molar-refractivity contribution in [3.63, 3.8) is 0 Å². The van der Waals surface area contributed by atoms with Gasteiger partial charge in [0.25, 0.3) is 17.6 Å². The second kappa shape index (κ2) is 8.38. The van der Waals surface area contributed by atoms with Gasteiger partial charge in [0, 0.05) is 18.4 Å². The number of nitrogens with one attached hydrogen (secondary N) is 2. The van der Waals surface area contributed by atoms with Gasteiger partial charge < -0.3 is 15.2 Å². The van der Waals surface area contributed by atoms with Crippen molar-refractivity contribution in [2.45, 2.75) is 6.92 Å². The number of anilines is 1. The molecule has 0 unspecified atom stereocenters. The van der Waals surface area contributed by atoms with Crippen LogP contribution in [0.1, 0.15) is 32.1 Å².